The summed E-state index contributed by atoms with van der Waals surface area (Å²) in [5.41, 5.74) is 1.21. The second-order valence-electron chi connectivity index (χ2n) is 4.87. The van der Waals surface area contributed by atoms with Crippen molar-refractivity contribution in [1.29, 1.82) is 0 Å². The number of aryl methyl sites for hydroxylation is 1. The number of benzene rings is 1. The van der Waals surface area contributed by atoms with E-state index in [1.54, 1.807) is 0 Å². The number of imidazole rings is 1. The van der Waals surface area contributed by atoms with Crippen LogP contribution < -0.4 is 0 Å². The van der Waals surface area contributed by atoms with Gasteiger partial charge in [-0.3, -0.25) is 0 Å². The Hall–Kier alpha value is -0.840. The van der Waals surface area contributed by atoms with Crippen LogP contribution in [0.2, 0.25) is 0 Å². The van der Waals surface area contributed by atoms with Crippen LogP contribution in [0.5, 0.6) is 0 Å². The number of hydrogen-bond donors (Lipinski definition) is 0. The molecule has 0 aliphatic carbocycles. The number of nitrogens with zero attached hydrogens (tertiary/aromatic N) is 2. The maximum absolute atomic E-state index is 4.50. The van der Waals surface area contributed by atoms with Crippen molar-refractivity contribution in [3.8, 4) is 11.4 Å². The zero-order chi connectivity index (χ0) is 13.5. The molecule has 0 bridgehead atoms. The zero-order valence-corrected chi connectivity index (χ0v) is 13.6. The minimum atomic E-state index is 1.07. The van der Waals surface area contributed by atoms with Gasteiger partial charge < -0.3 is 4.57 Å². The molecule has 0 saturated carbocycles. The second-order valence-corrected chi connectivity index (χ2v) is 6.11. The Morgan fingerprint density at radius 1 is 1.16 bits per heavy atom. The average molecular weight is 368 g/mol. The lowest BCUT2D eigenvalue weighted by Crippen LogP contribution is -1.99. The predicted molar refractivity (Wildman–Crippen MR) is 89.1 cm³/mol. The van der Waals surface area contributed by atoms with E-state index in [2.05, 4.69) is 69.5 Å². The highest BCUT2D eigenvalue weighted by Gasteiger charge is 2.05. The molecular weight excluding hydrogens is 347 g/mol. The third kappa shape index (κ3) is 4.34. The van der Waals surface area contributed by atoms with E-state index in [0.29, 0.717) is 0 Å². The van der Waals surface area contributed by atoms with Crippen molar-refractivity contribution in [3.05, 3.63) is 40.2 Å². The molecular formula is C16H21IN2. The van der Waals surface area contributed by atoms with Crippen LogP contribution >= 0.6 is 22.6 Å². The minimum Gasteiger partial charge on any atom is -0.331 e. The summed E-state index contributed by atoms with van der Waals surface area (Å²) in [6.07, 6.45) is 10.6. The first-order valence-electron chi connectivity index (χ1n) is 7.08. The number of rotatable bonds is 7. The Labute approximate surface area is 129 Å². The molecule has 0 atom stereocenters. The van der Waals surface area contributed by atoms with E-state index in [4.69, 9.17) is 0 Å². The van der Waals surface area contributed by atoms with Crippen molar-refractivity contribution in [3.63, 3.8) is 0 Å². The number of hydrogen-bond acceptors (Lipinski definition) is 1. The van der Waals surface area contributed by atoms with Gasteiger partial charge in [0.2, 0.25) is 0 Å². The minimum absolute atomic E-state index is 1.07. The van der Waals surface area contributed by atoms with Crippen molar-refractivity contribution < 1.29 is 0 Å². The van der Waals surface area contributed by atoms with E-state index in [1.807, 2.05) is 6.20 Å². The van der Waals surface area contributed by atoms with Crippen molar-refractivity contribution in [2.75, 3.05) is 0 Å². The summed E-state index contributed by atoms with van der Waals surface area (Å²) < 4.78 is 3.53. The molecule has 3 heteroatoms. The van der Waals surface area contributed by atoms with Crippen molar-refractivity contribution >= 4 is 22.6 Å². The largest absolute Gasteiger partial charge is 0.331 e. The maximum atomic E-state index is 4.50. The predicted octanol–water partition coefficient (Wildman–Crippen LogP) is 5.13. The smallest absolute Gasteiger partial charge is 0.139 e. The van der Waals surface area contributed by atoms with Crippen molar-refractivity contribution in [1.82, 2.24) is 9.55 Å². The second kappa shape index (κ2) is 7.68. The summed E-state index contributed by atoms with van der Waals surface area (Å²) in [4.78, 5) is 4.50. The quantitative estimate of drug-likeness (QED) is 0.490. The Morgan fingerprint density at radius 3 is 2.79 bits per heavy atom. The van der Waals surface area contributed by atoms with Crippen LogP contribution in [0.4, 0.5) is 0 Å². The van der Waals surface area contributed by atoms with Gasteiger partial charge >= 0.3 is 0 Å². The molecule has 102 valence electrons. The van der Waals surface area contributed by atoms with Gasteiger partial charge in [-0.15, -0.1) is 0 Å². The standard InChI is InChI=1S/C16H21IN2/c1-2-3-4-5-6-11-19-12-10-18-16(19)14-8-7-9-15(17)13-14/h7-10,12-13H,2-6,11H2,1H3. The Morgan fingerprint density at radius 2 is 2.00 bits per heavy atom. The molecule has 1 aromatic carbocycles. The lowest BCUT2D eigenvalue weighted by atomic mass is 10.1. The van der Waals surface area contributed by atoms with Crippen LogP contribution in [0, 0.1) is 3.57 Å². The SMILES string of the molecule is CCCCCCCn1ccnc1-c1cccc(I)c1. The van der Waals surface area contributed by atoms with E-state index in [0.717, 1.165) is 12.4 Å². The van der Waals surface area contributed by atoms with Crippen LogP contribution in [0.15, 0.2) is 36.7 Å². The average Bonchev–Trinajstić information content (AvgIpc) is 2.87. The highest BCUT2D eigenvalue weighted by Crippen LogP contribution is 2.20. The molecule has 0 radical (unpaired) electrons. The summed E-state index contributed by atoms with van der Waals surface area (Å²) >= 11 is 2.35. The zero-order valence-electron chi connectivity index (χ0n) is 11.5. The normalized spacial score (nSPS) is 10.8. The number of unbranched alkanes of at least 4 members (excludes halogenated alkanes) is 4. The van der Waals surface area contributed by atoms with Crippen LogP contribution in [-0.2, 0) is 6.54 Å². The van der Waals surface area contributed by atoms with E-state index in [9.17, 15) is 0 Å². The fourth-order valence-electron chi connectivity index (χ4n) is 2.26. The maximum Gasteiger partial charge on any atom is 0.139 e. The molecule has 0 spiro atoms. The van der Waals surface area contributed by atoms with E-state index < -0.39 is 0 Å². The van der Waals surface area contributed by atoms with Crippen LogP contribution in [-0.4, -0.2) is 9.55 Å². The van der Waals surface area contributed by atoms with Gasteiger partial charge in [-0.1, -0.05) is 44.7 Å². The molecule has 1 aromatic heterocycles. The molecule has 2 aromatic rings. The molecule has 2 rings (SSSR count). The van der Waals surface area contributed by atoms with E-state index in [1.165, 1.54) is 41.2 Å². The van der Waals surface area contributed by atoms with E-state index >= 15 is 0 Å². The first-order valence-corrected chi connectivity index (χ1v) is 8.16. The third-order valence-corrected chi connectivity index (χ3v) is 3.97. The van der Waals surface area contributed by atoms with Gasteiger partial charge in [-0.25, -0.2) is 4.98 Å². The molecule has 0 aliphatic rings. The van der Waals surface area contributed by atoms with Gasteiger partial charge in [-0.05, 0) is 41.1 Å². The lowest BCUT2D eigenvalue weighted by Gasteiger charge is -2.08. The molecule has 0 saturated heterocycles. The molecule has 19 heavy (non-hydrogen) atoms. The molecule has 2 nitrogen and oxygen atoms in total. The van der Waals surface area contributed by atoms with E-state index in [-0.39, 0.29) is 0 Å². The highest BCUT2D eigenvalue weighted by atomic mass is 127. The van der Waals surface area contributed by atoms with Crippen molar-refractivity contribution in [2.45, 2.75) is 45.6 Å². The summed E-state index contributed by atoms with van der Waals surface area (Å²) in [7, 11) is 0. The molecule has 0 aliphatic heterocycles. The van der Waals surface area contributed by atoms with Crippen LogP contribution in [0.1, 0.15) is 39.0 Å². The summed E-state index contributed by atoms with van der Waals surface area (Å²) in [5, 5.41) is 0. The topological polar surface area (TPSA) is 17.8 Å². The Kier molecular flexibility index (Phi) is 5.89. The highest BCUT2D eigenvalue weighted by molar-refractivity contribution is 14.1. The Bertz CT molecular complexity index is 505. The van der Waals surface area contributed by atoms with Gasteiger partial charge in [-0.2, -0.15) is 0 Å². The molecule has 0 amide bonds. The number of aromatic nitrogens is 2. The molecule has 1 heterocycles. The van der Waals surface area contributed by atoms with Crippen LogP contribution in [0.3, 0.4) is 0 Å². The monoisotopic (exact) mass is 368 g/mol. The third-order valence-electron chi connectivity index (χ3n) is 3.30. The molecule has 0 fully saturated rings. The van der Waals surface area contributed by atoms with Crippen LogP contribution in [0.25, 0.3) is 11.4 Å². The Balaban J connectivity index is 1.98. The van der Waals surface area contributed by atoms with Gasteiger partial charge in [0.05, 0.1) is 0 Å². The lowest BCUT2D eigenvalue weighted by molar-refractivity contribution is 0.571. The van der Waals surface area contributed by atoms with Gasteiger partial charge in [0.25, 0.3) is 0 Å². The summed E-state index contributed by atoms with van der Waals surface area (Å²) in [6.45, 7) is 3.33. The first kappa shape index (κ1) is 14.6. The molecule has 0 N–H and O–H groups in total. The first-order chi connectivity index (χ1) is 9.31. The number of halogens is 1. The summed E-state index contributed by atoms with van der Waals surface area (Å²) in [5.74, 6) is 1.09. The fraction of sp³-hybridized carbons (Fsp3) is 0.438. The van der Waals surface area contributed by atoms with Gasteiger partial charge in [0, 0.05) is 28.1 Å². The summed E-state index contributed by atoms with van der Waals surface area (Å²) in [6, 6.07) is 8.54. The fourth-order valence-corrected chi connectivity index (χ4v) is 2.81. The van der Waals surface area contributed by atoms with Gasteiger partial charge in [0.15, 0.2) is 0 Å². The molecule has 0 unspecified atom stereocenters. The van der Waals surface area contributed by atoms with Gasteiger partial charge in [0.1, 0.15) is 5.82 Å². The van der Waals surface area contributed by atoms with Crippen molar-refractivity contribution in [2.24, 2.45) is 0 Å².